The van der Waals surface area contributed by atoms with Crippen LogP contribution in [0.2, 0.25) is 0 Å². The van der Waals surface area contributed by atoms with Crippen molar-refractivity contribution in [1.82, 2.24) is 25.1 Å². The molecular weight excluding hydrogens is 346 g/mol. The number of pyridine rings is 1. The average Bonchev–Trinajstić information content (AvgIpc) is 3.05. The number of benzene rings is 1. The molecule has 2 heterocycles. The van der Waals surface area contributed by atoms with Crippen LogP contribution in [-0.4, -0.2) is 38.0 Å². The van der Waals surface area contributed by atoms with Crippen molar-refractivity contribution in [2.45, 2.75) is 25.9 Å². The van der Waals surface area contributed by atoms with Crippen molar-refractivity contribution in [2.75, 3.05) is 12.3 Å². The standard InChI is InChI=1S/C19H21N5OS/c1-4-20-17(25)12-26-19-23-22-18(15-7-5-6-10-21-15)24(19)16-9-8-13(2)11-14(16)3/h5-11H,4,12H2,1-3H3,(H,20,25). The second-order valence-corrected chi connectivity index (χ2v) is 6.83. The van der Waals surface area contributed by atoms with E-state index in [0.717, 1.165) is 16.9 Å². The number of nitrogens with one attached hydrogen (secondary N) is 1. The molecule has 0 saturated heterocycles. The van der Waals surface area contributed by atoms with Gasteiger partial charge in [0, 0.05) is 12.7 Å². The second kappa shape index (κ2) is 8.14. The SMILES string of the molecule is CCNC(=O)CSc1nnc(-c2ccccn2)n1-c1ccc(C)cc1C. The van der Waals surface area contributed by atoms with Crippen LogP contribution in [0.3, 0.4) is 0 Å². The maximum atomic E-state index is 11.9. The number of carbonyl (C=O) groups excluding carboxylic acids is 1. The van der Waals surface area contributed by atoms with Gasteiger partial charge in [-0.25, -0.2) is 0 Å². The summed E-state index contributed by atoms with van der Waals surface area (Å²) < 4.78 is 1.97. The van der Waals surface area contributed by atoms with Crippen molar-refractivity contribution >= 4 is 17.7 Å². The molecule has 0 unspecified atom stereocenters. The zero-order chi connectivity index (χ0) is 18.5. The van der Waals surface area contributed by atoms with Crippen LogP contribution in [0.25, 0.3) is 17.2 Å². The van der Waals surface area contributed by atoms with Gasteiger partial charge < -0.3 is 5.32 Å². The van der Waals surface area contributed by atoms with Crippen LogP contribution in [0.4, 0.5) is 0 Å². The largest absolute Gasteiger partial charge is 0.356 e. The van der Waals surface area contributed by atoms with Gasteiger partial charge in [-0.05, 0) is 44.5 Å². The molecule has 3 rings (SSSR count). The second-order valence-electron chi connectivity index (χ2n) is 5.89. The van der Waals surface area contributed by atoms with Crippen LogP contribution in [0.1, 0.15) is 18.1 Å². The predicted octanol–water partition coefficient (Wildman–Crippen LogP) is 3.17. The molecule has 0 saturated carbocycles. The number of hydrogen-bond acceptors (Lipinski definition) is 5. The first kappa shape index (κ1) is 18.1. The summed E-state index contributed by atoms with van der Waals surface area (Å²) in [6.45, 7) is 6.64. The maximum absolute atomic E-state index is 11.9. The molecule has 2 aromatic heterocycles. The van der Waals surface area contributed by atoms with Gasteiger partial charge in [-0.3, -0.25) is 14.3 Å². The van der Waals surface area contributed by atoms with Gasteiger partial charge in [0.15, 0.2) is 11.0 Å². The molecule has 6 nitrogen and oxygen atoms in total. The van der Waals surface area contributed by atoms with E-state index in [1.807, 2.05) is 29.7 Å². The minimum Gasteiger partial charge on any atom is -0.356 e. The number of thioether (sulfide) groups is 1. The van der Waals surface area contributed by atoms with Crippen molar-refractivity contribution in [1.29, 1.82) is 0 Å². The lowest BCUT2D eigenvalue weighted by Crippen LogP contribution is -2.24. The summed E-state index contributed by atoms with van der Waals surface area (Å²) in [5, 5.41) is 12.1. The van der Waals surface area contributed by atoms with E-state index < -0.39 is 0 Å². The Bertz CT molecular complexity index is 908. The lowest BCUT2D eigenvalue weighted by molar-refractivity contribution is -0.118. The summed E-state index contributed by atoms with van der Waals surface area (Å²) in [5.41, 5.74) is 4.03. The van der Waals surface area contributed by atoms with Gasteiger partial charge in [-0.1, -0.05) is 35.5 Å². The maximum Gasteiger partial charge on any atom is 0.230 e. The first-order valence-corrected chi connectivity index (χ1v) is 9.42. The molecular formula is C19H21N5OS. The Kier molecular flexibility index (Phi) is 5.68. The Morgan fingerprint density at radius 2 is 2.04 bits per heavy atom. The molecule has 0 fully saturated rings. The molecule has 0 bridgehead atoms. The lowest BCUT2D eigenvalue weighted by atomic mass is 10.1. The van der Waals surface area contributed by atoms with E-state index in [1.54, 1.807) is 6.20 Å². The fourth-order valence-electron chi connectivity index (χ4n) is 2.68. The fraction of sp³-hybridized carbons (Fsp3) is 0.263. The van der Waals surface area contributed by atoms with Gasteiger partial charge in [0.2, 0.25) is 5.91 Å². The number of aromatic nitrogens is 4. The Hall–Kier alpha value is -2.67. The zero-order valence-corrected chi connectivity index (χ0v) is 15.9. The minimum atomic E-state index is -0.0212. The van der Waals surface area contributed by atoms with Crippen LogP contribution < -0.4 is 5.32 Å². The Morgan fingerprint density at radius 1 is 1.19 bits per heavy atom. The summed E-state index contributed by atoms with van der Waals surface area (Å²) in [6, 6.07) is 11.9. The van der Waals surface area contributed by atoms with Gasteiger partial charge in [0.1, 0.15) is 5.69 Å². The number of nitrogens with zero attached hydrogens (tertiary/aromatic N) is 4. The smallest absolute Gasteiger partial charge is 0.230 e. The lowest BCUT2D eigenvalue weighted by Gasteiger charge is -2.13. The van der Waals surface area contributed by atoms with Crippen molar-refractivity contribution in [3.05, 3.63) is 53.7 Å². The van der Waals surface area contributed by atoms with E-state index in [-0.39, 0.29) is 5.91 Å². The van der Waals surface area contributed by atoms with E-state index in [9.17, 15) is 4.79 Å². The highest BCUT2D eigenvalue weighted by Crippen LogP contribution is 2.28. The van der Waals surface area contributed by atoms with Crippen molar-refractivity contribution in [2.24, 2.45) is 0 Å². The number of aryl methyl sites for hydroxylation is 2. The Morgan fingerprint density at radius 3 is 2.73 bits per heavy atom. The van der Waals surface area contributed by atoms with Crippen molar-refractivity contribution in [3.8, 4) is 17.2 Å². The van der Waals surface area contributed by atoms with Crippen LogP contribution in [0.5, 0.6) is 0 Å². The molecule has 0 atom stereocenters. The molecule has 0 aliphatic rings. The van der Waals surface area contributed by atoms with Crippen molar-refractivity contribution < 1.29 is 4.79 Å². The third-order valence-corrected chi connectivity index (χ3v) is 4.76. The van der Waals surface area contributed by atoms with Gasteiger partial charge in [0.25, 0.3) is 0 Å². The number of hydrogen-bond donors (Lipinski definition) is 1. The topological polar surface area (TPSA) is 72.7 Å². The molecule has 3 aromatic rings. The number of amides is 1. The predicted molar refractivity (Wildman–Crippen MR) is 103 cm³/mol. The summed E-state index contributed by atoms with van der Waals surface area (Å²) in [4.78, 5) is 16.3. The summed E-state index contributed by atoms with van der Waals surface area (Å²) in [7, 11) is 0. The minimum absolute atomic E-state index is 0.0212. The highest BCUT2D eigenvalue weighted by atomic mass is 32.2. The number of rotatable bonds is 6. The summed E-state index contributed by atoms with van der Waals surface area (Å²) in [5.74, 6) is 0.932. The molecule has 0 radical (unpaired) electrons. The summed E-state index contributed by atoms with van der Waals surface area (Å²) in [6.07, 6.45) is 1.73. The van der Waals surface area contributed by atoms with Crippen molar-refractivity contribution in [3.63, 3.8) is 0 Å². The van der Waals surface area contributed by atoms with Gasteiger partial charge in [0.05, 0.1) is 11.4 Å². The van der Waals surface area contributed by atoms with E-state index in [1.165, 1.54) is 17.3 Å². The average molecular weight is 367 g/mol. The van der Waals surface area contributed by atoms with Crippen LogP contribution in [0, 0.1) is 13.8 Å². The molecule has 26 heavy (non-hydrogen) atoms. The van der Waals surface area contributed by atoms with Crippen LogP contribution in [-0.2, 0) is 4.79 Å². The molecule has 0 spiro atoms. The van der Waals surface area contributed by atoms with Crippen LogP contribution >= 0.6 is 11.8 Å². The van der Waals surface area contributed by atoms with Gasteiger partial charge in [-0.2, -0.15) is 0 Å². The Labute approximate surface area is 157 Å². The molecule has 134 valence electrons. The molecule has 7 heteroatoms. The van der Waals surface area contributed by atoms with Gasteiger partial charge in [-0.15, -0.1) is 10.2 Å². The quantitative estimate of drug-likeness (QED) is 0.678. The normalized spacial score (nSPS) is 10.7. The molecule has 1 aromatic carbocycles. The van der Waals surface area contributed by atoms with E-state index in [2.05, 4.69) is 52.5 Å². The third-order valence-electron chi connectivity index (χ3n) is 3.83. The third kappa shape index (κ3) is 3.94. The molecule has 1 N–H and O–H groups in total. The fourth-order valence-corrected chi connectivity index (χ4v) is 3.45. The highest BCUT2D eigenvalue weighted by molar-refractivity contribution is 7.99. The molecule has 1 amide bonds. The summed E-state index contributed by atoms with van der Waals surface area (Å²) >= 11 is 1.37. The van der Waals surface area contributed by atoms with E-state index >= 15 is 0 Å². The van der Waals surface area contributed by atoms with Gasteiger partial charge >= 0.3 is 0 Å². The first-order valence-electron chi connectivity index (χ1n) is 8.44. The molecule has 0 aliphatic carbocycles. The van der Waals surface area contributed by atoms with E-state index in [4.69, 9.17) is 0 Å². The van der Waals surface area contributed by atoms with Crippen LogP contribution in [0.15, 0.2) is 47.8 Å². The monoisotopic (exact) mass is 367 g/mol. The zero-order valence-electron chi connectivity index (χ0n) is 15.1. The van der Waals surface area contributed by atoms with E-state index in [0.29, 0.717) is 23.3 Å². The highest BCUT2D eigenvalue weighted by Gasteiger charge is 2.19. The molecule has 0 aliphatic heterocycles. The Balaban J connectivity index is 2.05. The number of carbonyl (C=O) groups is 1. The first-order chi connectivity index (χ1) is 12.6.